The fourth-order valence-electron chi connectivity index (χ4n) is 2.74. The van der Waals surface area contributed by atoms with E-state index in [1.54, 1.807) is 9.80 Å². The third-order valence-corrected chi connectivity index (χ3v) is 5.04. The molecule has 0 spiro atoms. The summed E-state index contributed by atoms with van der Waals surface area (Å²) in [5.41, 5.74) is 1.96. The highest BCUT2D eigenvalue weighted by Gasteiger charge is 2.36. The molecule has 2 amide bonds. The van der Waals surface area contributed by atoms with Crippen molar-refractivity contribution in [3.63, 3.8) is 0 Å². The second-order valence-corrected chi connectivity index (χ2v) is 6.81. The Kier molecular flexibility index (Phi) is 5.62. The van der Waals surface area contributed by atoms with E-state index in [0.29, 0.717) is 13.0 Å². The molecule has 0 bridgehead atoms. The zero-order valence-electron chi connectivity index (χ0n) is 13.4. The molecule has 120 valence electrons. The molecular weight excluding hydrogens is 344 g/mol. The van der Waals surface area contributed by atoms with Gasteiger partial charge in [-0.2, -0.15) is 0 Å². The summed E-state index contributed by atoms with van der Waals surface area (Å²) in [5.74, 6) is -0.111. The summed E-state index contributed by atoms with van der Waals surface area (Å²) in [6.45, 7) is 5.34. The van der Waals surface area contributed by atoms with Gasteiger partial charge in [-0.1, -0.05) is 29.3 Å². The SMILES string of the molecule is CCCCN(C)C(=O)C1CC(=O)N(c2ccc(Br)c(C)c2)C1. The number of hydrogen-bond donors (Lipinski definition) is 0. The van der Waals surface area contributed by atoms with Gasteiger partial charge in [-0.3, -0.25) is 9.59 Å². The first-order valence-electron chi connectivity index (χ1n) is 7.75. The average Bonchev–Trinajstić information content (AvgIpc) is 2.88. The standard InChI is InChI=1S/C17H23BrN2O2/c1-4-5-8-19(3)17(22)13-10-16(21)20(11-13)14-6-7-15(18)12(2)9-14/h6-7,9,13H,4-5,8,10-11H2,1-3H3. The molecule has 1 aliphatic rings. The van der Waals surface area contributed by atoms with Gasteiger partial charge in [-0.15, -0.1) is 0 Å². The molecule has 2 rings (SSSR count). The van der Waals surface area contributed by atoms with Crippen LogP contribution in [0.4, 0.5) is 5.69 Å². The minimum atomic E-state index is -0.224. The van der Waals surface area contributed by atoms with Crippen LogP contribution in [0, 0.1) is 12.8 Å². The third-order valence-electron chi connectivity index (χ3n) is 4.15. The maximum atomic E-state index is 12.4. The molecular formula is C17H23BrN2O2. The van der Waals surface area contributed by atoms with E-state index in [-0.39, 0.29) is 17.7 Å². The Hall–Kier alpha value is -1.36. The third kappa shape index (κ3) is 3.69. The molecule has 4 nitrogen and oxygen atoms in total. The fraction of sp³-hybridized carbons (Fsp3) is 0.529. The molecule has 1 aliphatic heterocycles. The first-order chi connectivity index (χ1) is 10.4. The van der Waals surface area contributed by atoms with Gasteiger partial charge in [0.1, 0.15) is 0 Å². The van der Waals surface area contributed by atoms with Crippen LogP contribution in [0.3, 0.4) is 0 Å². The molecule has 0 aromatic heterocycles. The van der Waals surface area contributed by atoms with E-state index in [2.05, 4.69) is 22.9 Å². The molecule has 0 N–H and O–H groups in total. The van der Waals surface area contributed by atoms with Gasteiger partial charge in [-0.25, -0.2) is 0 Å². The number of hydrogen-bond acceptors (Lipinski definition) is 2. The first-order valence-corrected chi connectivity index (χ1v) is 8.54. The number of benzene rings is 1. The van der Waals surface area contributed by atoms with Gasteiger partial charge in [0.15, 0.2) is 0 Å². The Morgan fingerprint density at radius 3 is 2.82 bits per heavy atom. The largest absolute Gasteiger partial charge is 0.345 e. The van der Waals surface area contributed by atoms with E-state index >= 15 is 0 Å². The summed E-state index contributed by atoms with van der Waals surface area (Å²) in [5, 5.41) is 0. The summed E-state index contributed by atoms with van der Waals surface area (Å²) in [4.78, 5) is 28.2. The molecule has 1 atom stereocenters. The molecule has 1 saturated heterocycles. The van der Waals surface area contributed by atoms with Crippen LogP contribution in [0.1, 0.15) is 31.7 Å². The molecule has 1 heterocycles. The van der Waals surface area contributed by atoms with Crippen LogP contribution < -0.4 is 4.90 Å². The van der Waals surface area contributed by atoms with Crippen molar-refractivity contribution in [3.8, 4) is 0 Å². The van der Waals surface area contributed by atoms with Crippen molar-refractivity contribution in [1.82, 2.24) is 4.90 Å². The van der Waals surface area contributed by atoms with Gasteiger partial charge in [-0.05, 0) is 37.1 Å². The highest BCUT2D eigenvalue weighted by molar-refractivity contribution is 9.10. The summed E-state index contributed by atoms with van der Waals surface area (Å²) < 4.78 is 1.02. The van der Waals surface area contributed by atoms with Gasteiger partial charge in [0.05, 0.1) is 5.92 Å². The minimum absolute atomic E-state index is 0.0314. The Bertz CT molecular complexity index is 574. The van der Waals surface area contributed by atoms with Gasteiger partial charge in [0, 0.05) is 36.7 Å². The van der Waals surface area contributed by atoms with Crippen molar-refractivity contribution in [3.05, 3.63) is 28.2 Å². The second kappa shape index (κ2) is 7.27. The maximum Gasteiger partial charge on any atom is 0.227 e. The lowest BCUT2D eigenvalue weighted by Crippen LogP contribution is -2.35. The van der Waals surface area contributed by atoms with Gasteiger partial charge in [0.2, 0.25) is 11.8 Å². The number of amides is 2. The second-order valence-electron chi connectivity index (χ2n) is 5.95. The molecule has 22 heavy (non-hydrogen) atoms. The molecule has 1 aromatic carbocycles. The van der Waals surface area contributed by atoms with E-state index in [0.717, 1.165) is 35.1 Å². The number of carbonyl (C=O) groups excluding carboxylic acids is 2. The highest BCUT2D eigenvalue weighted by atomic mass is 79.9. The van der Waals surface area contributed by atoms with Crippen molar-refractivity contribution in [2.75, 3.05) is 25.0 Å². The smallest absolute Gasteiger partial charge is 0.227 e. The predicted octanol–water partition coefficient (Wildman–Crippen LogP) is 3.37. The Morgan fingerprint density at radius 1 is 1.45 bits per heavy atom. The quantitative estimate of drug-likeness (QED) is 0.801. The summed E-state index contributed by atoms with van der Waals surface area (Å²) in [7, 11) is 1.83. The zero-order valence-corrected chi connectivity index (χ0v) is 15.0. The lowest BCUT2D eigenvalue weighted by atomic mass is 10.1. The van der Waals surface area contributed by atoms with Crippen LogP contribution in [0.25, 0.3) is 0 Å². The summed E-state index contributed by atoms with van der Waals surface area (Å²) in [6, 6.07) is 5.85. The highest BCUT2D eigenvalue weighted by Crippen LogP contribution is 2.29. The molecule has 1 unspecified atom stereocenters. The first kappa shape index (κ1) is 17.0. The van der Waals surface area contributed by atoms with Crippen molar-refractivity contribution in [2.45, 2.75) is 33.1 Å². The van der Waals surface area contributed by atoms with E-state index in [1.807, 2.05) is 32.2 Å². The maximum absolute atomic E-state index is 12.4. The minimum Gasteiger partial charge on any atom is -0.345 e. The van der Waals surface area contributed by atoms with Gasteiger partial charge >= 0.3 is 0 Å². The van der Waals surface area contributed by atoms with Crippen molar-refractivity contribution >= 4 is 33.4 Å². The normalized spacial score (nSPS) is 17.9. The zero-order chi connectivity index (χ0) is 16.3. The number of nitrogens with zero attached hydrogens (tertiary/aromatic N) is 2. The number of unbranched alkanes of at least 4 members (excludes halogenated alkanes) is 1. The molecule has 0 aliphatic carbocycles. The topological polar surface area (TPSA) is 40.6 Å². The lowest BCUT2D eigenvalue weighted by molar-refractivity contribution is -0.134. The number of carbonyl (C=O) groups is 2. The van der Waals surface area contributed by atoms with Crippen LogP contribution in [-0.4, -0.2) is 36.9 Å². The Labute approximate surface area is 140 Å². The number of halogens is 1. The molecule has 0 saturated carbocycles. The van der Waals surface area contributed by atoms with E-state index in [9.17, 15) is 9.59 Å². The Morgan fingerprint density at radius 2 is 2.18 bits per heavy atom. The fourth-order valence-corrected chi connectivity index (χ4v) is 2.98. The van der Waals surface area contributed by atoms with Gasteiger partial charge in [0.25, 0.3) is 0 Å². The van der Waals surface area contributed by atoms with E-state index in [1.165, 1.54) is 0 Å². The van der Waals surface area contributed by atoms with Crippen LogP contribution >= 0.6 is 15.9 Å². The van der Waals surface area contributed by atoms with Gasteiger partial charge < -0.3 is 9.80 Å². The Balaban J connectivity index is 2.07. The van der Waals surface area contributed by atoms with Crippen molar-refractivity contribution < 1.29 is 9.59 Å². The van der Waals surface area contributed by atoms with Crippen LogP contribution in [0.2, 0.25) is 0 Å². The van der Waals surface area contributed by atoms with E-state index < -0.39 is 0 Å². The van der Waals surface area contributed by atoms with Crippen LogP contribution in [-0.2, 0) is 9.59 Å². The lowest BCUT2D eigenvalue weighted by Gasteiger charge is -2.21. The molecule has 1 aromatic rings. The number of rotatable bonds is 5. The molecule has 0 radical (unpaired) electrons. The van der Waals surface area contributed by atoms with Crippen LogP contribution in [0.5, 0.6) is 0 Å². The molecule has 5 heteroatoms. The predicted molar refractivity (Wildman–Crippen MR) is 91.9 cm³/mol. The summed E-state index contributed by atoms with van der Waals surface area (Å²) >= 11 is 3.47. The van der Waals surface area contributed by atoms with E-state index in [4.69, 9.17) is 0 Å². The number of aryl methyl sites for hydroxylation is 1. The van der Waals surface area contributed by atoms with Crippen molar-refractivity contribution in [1.29, 1.82) is 0 Å². The van der Waals surface area contributed by atoms with Crippen molar-refractivity contribution in [2.24, 2.45) is 5.92 Å². The monoisotopic (exact) mass is 366 g/mol. The average molecular weight is 367 g/mol. The molecule has 1 fully saturated rings. The van der Waals surface area contributed by atoms with Crippen LogP contribution in [0.15, 0.2) is 22.7 Å². The summed E-state index contributed by atoms with van der Waals surface area (Å²) in [6.07, 6.45) is 2.37. The number of anilines is 1.